The maximum atomic E-state index is 12.1. The van der Waals surface area contributed by atoms with Crippen LogP contribution >= 0.6 is 0 Å². The van der Waals surface area contributed by atoms with Gasteiger partial charge in [0.2, 0.25) is 10.0 Å². The molecule has 0 atom stereocenters. The van der Waals surface area contributed by atoms with Crippen molar-refractivity contribution in [3.63, 3.8) is 0 Å². The van der Waals surface area contributed by atoms with E-state index in [1.807, 2.05) is 6.92 Å². The molecule has 0 aliphatic heterocycles. The number of allylic oxidation sites excluding steroid dienone is 1. The van der Waals surface area contributed by atoms with Crippen molar-refractivity contribution in [1.29, 1.82) is 0 Å². The largest absolute Gasteiger partial charge is 0.399 e. The lowest BCUT2D eigenvalue weighted by Crippen LogP contribution is -2.24. The standard InChI is InChI=1S/C15H19N3O2S/c1-12-4-6-15(7-5-12)21(19,20)18-11-9-14(13(2)16)8-10-17-3/h4-10,18H,2-3,11,16H2,1H3/b10-8-,14-9+. The summed E-state index contributed by atoms with van der Waals surface area (Å²) in [5.74, 6) is 0. The van der Waals surface area contributed by atoms with Crippen molar-refractivity contribution in [2.45, 2.75) is 11.8 Å². The molecule has 0 saturated heterocycles. The van der Waals surface area contributed by atoms with Gasteiger partial charge in [-0.15, -0.1) is 0 Å². The second-order valence-electron chi connectivity index (χ2n) is 4.35. The SMILES string of the molecule is C=N/C=C\C(=C/CNS(=O)(=O)c1ccc(C)cc1)C(=C)N. The van der Waals surface area contributed by atoms with E-state index in [9.17, 15) is 8.42 Å². The summed E-state index contributed by atoms with van der Waals surface area (Å²) in [5, 5.41) is 0. The number of nitrogens with zero attached hydrogens (tertiary/aromatic N) is 1. The van der Waals surface area contributed by atoms with E-state index in [4.69, 9.17) is 5.73 Å². The highest BCUT2D eigenvalue weighted by molar-refractivity contribution is 7.89. The molecule has 0 unspecified atom stereocenters. The Balaban J connectivity index is 2.81. The maximum absolute atomic E-state index is 12.1. The summed E-state index contributed by atoms with van der Waals surface area (Å²) in [7, 11) is -3.54. The number of rotatable bonds is 7. The normalized spacial score (nSPS) is 12.5. The van der Waals surface area contributed by atoms with Gasteiger partial charge in [-0.3, -0.25) is 4.99 Å². The van der Waals surface area contributed by atoms with Crippen LogP contribution in [-0.2, 0) is 10.0 Å². The van der Waals surface area contributed by atoms with Gasteiger partial charge in [-0.2, -0.15) is 0 Å². The quantitative estimate of drug-likeness (QED) is 0.596. The van der Waals surface area contributed by atoms with Crippen LogP contribution in [0.25, 0.3) is 0 Å². The highest BCUT2D eigenvalue weighted by Crippen LogP contribution is 2.10. The number of benzene rings is 1. The van der Waals surface area contributed by atoms with Gasteiger partial charge in [0.1, 0.15) is 0 Å². The van der Waals surface area contributed by atoms with Gasteiger partial charge >= 0.3 is 0 Å². The summed E-state index contributed by atoms with van der Waals surface area (Å²) in [6.45, 7) is 8.92. The van der Waals surface area contributed by atoms with Crippen molar-refractivity contribution < 1.29 is 8.42 Å². The van der Waals surface area contributed by atoms with Gasteiger partial charge in [0.25, 0.3) is 0 Å². The highest BCUT2D eigenvalue weighted by atomic mass is 32.2. The van der Waals surface area contributed by atoms with Crippen LogP contribution in [0.2, 0.25) is 0 Å². The molecule has 1 aromatic rings. The Morgan fingerprint density at radius 3 is 2.52 bits per heavy atom. The zero-order chi connectivity index (χ0) is 15.9. The smallest absolute Gasteiger partial charge is 0.240 e. The van der Waals surface area contributed by atoms with Gasteiger partial charge in [0, 0.05) is 18.4 Å². The number of aliphatic imine (C=N–C) groups is 1. The molecule has 0 saturated carbocycles. The first kappa shape index (κ1) is 16.9. The van der Waals surface area contributed by atoms with Crippen LogP contribution < -0.4 is 10.5 Å². The lowest BCUT2D eigenvalue weighted by atomic mass is 10.2. The molecule has 0 heterocycles. The molecule has 0 aliphatic rings. The number of sulfonamides is 1. The van der Waals surface area contributed by atoms with Crippen LogP contribution in [0.3, 0.4) is 0 Å². The van der Waals surface area contributed by atoms with Crippen LogP contribution in [0, 0.1) is 6.92 Å². The van der Waals surface area contributed by atoms with Crippen molar-refractivity contribution >= 4 is 16.7 Å². The Morgan fingerprint density at radius 2 is 2.00 bits per heavy atom. The molecule has 0 fully saturated rings. The molecule has 1 aromatic carbocycles. The third-order valence-electron chi connectivity index (χ3n) is 2.66. The average Bonchev–Trinajstić information content (AvgIpc) is 2.42. The van der Waals surface area contributed by atoms with Crippen LogP contribution in [0.5, 0.6) is 0 Å². The van der Waals surface area contributed by atoms with Gasteiger partial charge in [-0.05, 0) is 37.4 Å². The molecule has 0 radical (unpaired) electrons. The van der Waals surface area contributed by atoms with E-state index in [-0.39, 0.29) is 11.4 Å². The number of nitrogens with one attached hydrogen (secondary N) is 1. The fraction of sp³-hybridized carbons (Fsp3) is 0.133. The van der Waals surface area contributed by atoms with Gasteiger partial charge in [0.05, 0.1) is 4.90 Å². The van der Waals surface area contributed by atoms with Crippen molar-refractivity contribution in [2.75, 3.05) is 6.54 Å². The molecule has 6 heteroatoms. The molecule has 3 N–H and O–H groups in total. The monoisotopic (exact) mass is 305 g/mol. The number of nitrogens with two attached hydrogens (primary N) is 1. The van der Waals surface area contributed by atoms with Gasteiger partial charge in [-0.1, -0.05) is 30.4 Å². The first-order valence-corrected chi connectivity index (χ1v) is 7.69. The molecule has 0 aromatic heterocycles. The van der Waals surface area contributed by atoms with Crippen LogP contribution in [0.15, 0.2) is 70.4 Å². The number of aryl methyl sites for hydroxylation is 1. The van der Waals surface area contributed by atoms with E-state index < -0.39 is 10.0 Å². The zero-order valence-electron chi connectivity index (χ0n) is 11.9. The van der Waals surface area contributed by atoms with Gasteiger partial charge in [0.15, 0.2) is 0 Å². The van der Waals surface area contributed by atoms with E-state index in [1.54, 1.807) is 36.4 Å². The minimum absolute atomic E-state index is 0.100. The predicted octanol–water partition coefficient (Wildman–Crippen LogP) is 1.89. The Morgan fingerprint density at radius 1 is 1.38 bits per heavy atom. The van der Waals surface area contributed by atoms with E-state index in [0.717, 1.165) is 5.56 Å². The van der Waals surface area contributed by atoms with Crippen molar-refractivity contribution in [2.24, 2.45) is 10.7 Å². The van der Waals surface area contributed by atoms with Gasteiger partial charge in [-0.25, -0.2) is 13.1 Å². The molecular formula is C15H19N3O2S. The summed E-state index contributed by atoms with van der Waals surface area (Å²) >= 11 is 0. The van der Waals surface area contributed by atoms with Gasteiger partial charge < -0.3 is 5.73 Å². The lowest BCUT2D eigenvalue weighted by Gasteiger charge is -2.06. The third kappa shape index (κ3) is 5.37. The van der Waals surface area contributed by atoms with Crippen LogP contribution in [0.1, 0.15) is 5.56 Å². The fourth-order valence-corrected chi connectivity index (χ4v) is 2.47. The topological polar surface area (TPSA) is 84.5 Å². The Labute approximate surface area is 125 Å². The molecule has 112 valence electrons. The molecule has 0 amide bonds. The Kier molecular flexibility index (Phi) is 6.08. The zero-order valence-corrected chi connectivity index (χ0v) is 12.7. The third-order valence-corrected chi connectivity index (χ3v) is 4.10. The van der Waals surface area contributed by atoms with Crippen LogP contribution in [0.4, 0.5) is 0 Å². The van der Waals surface area contributed by atoms with E-state index >= 15 is 0 Å². The second kappa shape index (κ2) is 7.56. The molecule has 0 bridgehead atoms. The molecule has 21 heavy (non-hydrogen) atoms. The minimum atomic E-state index is -3.54. The molecule has 0 aliphatic carbocycles. The molecule has 0 spiro atoms. The van der Waals surface area contributed by atoms with E-state index in [0.29, 0.717) is 11.3 Å². The molecule has 1 rings (SSSR count). The summed E-state index contributed by atoms with van der Waals surface area (Å²) in [6, 6.07) is 6.61. The number of hydrogen-bond acceptors (Lipinski definition) is 4. The first-order chi connectivity index (χ1) is 9.86. The Hall–Kier alpha value is -2.18. The highest BCUT2D eigenvalue weighted by Gasteiger charge is 2.12. The molecular weight excluding hydrogens is 286 g/mol. The van der Waals surface area contributed by atoms with Crippen molar-refractivity contribution in [3.05, 3.63) is 66.0 Å². The predicted molar refractivity (Wildman–Crippen MR) is 86.5 cm³/mol. The summed E-state index contributed by atoms with van der Waals surface area (Å²) in [6.07, 6.45) is 4.68. The summed E-state index contributed by atoms with van der Waals surface area (Å²) in [5.41, 5.74) is 7.51. The summed E-state index contributed by atoms with van der Waals surface area (Å²) in [4.78, 5) is 3.78. The summed E-state index contributed by atoms with van der Waals surface area (Å²) < 4.78 is 26.6. The molecule has 5 nitrogen and oxygen atoms in total. The Bertz CT molecular complexity index is 671. The van der Waals surface area contributed by atoms with E-state index in [2.05, 4.69) is 23.0 Å². The van der Waals surface area contributed by atoms with Crippen molar-refractivity contribution in [1.82, 2.24) is 4.72 Å². The average molecular weight is 305 g/mol. The lowest BCUT2D eigenvalue weighted by molar-refractivity contribution is 0.585. The van der Waals surface area contributed by atoms with Crippen molar-refractivity contribution in [3.8, 4) is 0 Å². The number of hydrogen-bond donors (Lipinski definition) is 2. The first-order valence-electron chi connectivity index (χ1n) is 6.20. The fourth-order valence-electron chi connectivity index (χ4n) is 1.50. The minimum Gasteiger partial charge on any atom is -0.399 e. The van der Waals surface area contributed by atoms with E-state index in [1.165, 1.54) is 6.20 Å². The van der Waals surface area contributed by atoms with Crippen LogP contribution in [-0.4, -0.2) is 21.7 Å². The maximum Gasteiger partial charge on any atom is 0.240 e. The second-order valence-corrected chi connectivity index (χ2v) is 6.11.